The molecule has 2 aromatic carbocycles. The summed E-state index contributed by atoms with van der Waals surface area (Å²) >= 11 is 1.84. The van der Waals surface area contributed by atoms with Gasteiger partial charge in [-0.25, -0.2) is 0 Å². The third-order valence-corrected chi connectivity index (χ3v) is 6.96. The fourth-order valence-electron chi connectivity index (χ4n) is 4.41. The summed E-state index contributed by atoms with van der Waals surface area (Å²) in [4.78, 5) is 5.03. The third kappa shape index (κ3) is 3.99. The summed E-state index contributed by atoms with van der Waals surface area (Å²) < 4.78 is 39.5. The van der Waals surface area contributed by atoms with Crippen molar-refractivity contribution in [1.82, 2.24) is 4.90 Å². The first-order valence-corrected chi connectivity index (χ1v) is 10.8. The molecule has 1 aliphatic heterocycles. The molecule has 5 heteroatoms. The normalized spacial score (nSPS) is 17.3. The van der Waals surface area contributed by atoms with Gasteiger partial charge in [0.2, 0.25) is 0 Å². The van der Waals surface area contributed by atoms with Crippen molar-refractivity contribution in [2.45, 2.75) is 45.5 Å². The first kappa shape index (κ1) is 20.2. The first-order chi connectivity index (χ1) is 13.9. The van der Waals surface area contributed by atoms with Gasteiger partial charge in [-0.1, -0.05) is 55.5 Å². The molecule has 0 radical (unpaired) electrons. The Morgan fingerprint density at radius 2 is 1.83 bits per heavy atom. The number of fused-ring (bicyclic) bond motifs is 1. The van der Waals surface area contributed by atoms with Gasteiger partial charge in [0.05, 0.1) is 11.6 Å². The van der Waals surface area contributed by atoms with Crippen LogP contribution in [0.1, 0.15) is 50.5 Å². The van der Waals surface area contributed by atoms with Crippen LogP contribution in [0.2, 0.25) is 0 Å². The van der Waals surface area contributed by atoms with Crippen LogP contribution in [0.3, 0.4) is 0 Å². The maximum Gasteiger partial charge on any atom is 0.416 e. The summed E-state index contributed by atoms with van der Waals surface area (Å²) in [7, 11) is 0. The largest absolute Gasteiger partial charge is 0.416 e. The van der Waals surface area contributed by atoms with Gasteiger partial charge in [0.25, 0.3) is 0 Å². The molecule has 0 spiro atoms. The van der Waals surface area contributed by atoms with Crippen LogP contribution in [0, 0.1) is 6.92 Å². The van der Waals surface area contributed by atoms with E-state index in [1.54, 1.807) is 6.07 Å². The van der Waals surface area contributed by atoms with E-state index in [0.29, 0.717) is 12.1 Å². The minimum atomic E-state index is -4.31. The maximum atomic E-state index is 13.2. The lowest BCUT2D eigenvalue weighted by Gasteiger charge is -2.36. The number of hydrogen-bond acceptors (Lipinski definition) is 2. The first-order valence-electron chi connectivity index (χ1n) is 9.94. The van der Waals surface area contributed by atoms with Gasteiger partial charge < -0.3 is 0 Å². The Morgan fingerprint density at radius 1 is 1.07 bits per heavy atom. The average Bonchev–Trinajstić information content (AvgIpc) is 3.03. The number of hydrogen-bond donors (Lipinski definition) is 0. The standard InChI is InChI=1S/C24H24F3NS/c1-3-20-16(2)29-23-21(20)12-13-28(22(23)18-9-5-4-6-10-18)15-17-8-7-11-19(14-17)24(25,26)27/h4-11,14,22H,3,12-13,15H2,1-2H3. The number of alkyl halides is 3. The van der Waals surface area contributed by atoms with Gasteiger partial charge in [0.1, 0.15) is 0 Å². The molecule has 0 bridgehead atoms. The molecule has 0 saturated carbocycles. The van der Waals surface area contributed by atoms with Crippen LogP contribution >= 0.6 is 11.3 Å². The topological polar surface area (TPSA) is 3.24 Å². The monoisotopic (exact) mass is 415 g/mol. The van der Waals surface area contributed by atoms with E-state index in [2.05, 4.69) is 30.9 Å². The van der Waals surface area contributed by atoms with Crippen LogP contribution < -0.4 is 0 Å². The number of thiophene rings is 1. The van der Waals surface area contributed by atoms with E-state index in [-0.39, 0.29) is 6.04 Å². The maximum absolute atomic E-state index is 13.2. The Balaban J connectivity index is 1.73. The highest BCUT2D eigenvalue weighted by molar-refractivity contribution is 7.12. The summed E-state index contributed by atoms with van der Waals surface area (Å²) in [5.74, 6) is 0. The summed E-state index contributed by atoms with van der Waals surface area (Å²) in [6, 6.07) is 16.1. The van der Waals surface area contributed by atoms with Crippen LogP contribution in [0.4, 0.5) is 13.2 Å². The molecule has 0 aliphatic carbocycles. The van der Waals surface area contributed by atoms with Crippen molar-refractivity contribution in [2.75, 3.05) is 6.54 Å². The van der Waals surface area contributed by atoms with E-state index in [1.165, 1.54) is 38.6 Å². The van der Waals surface area contributed by atoms with E-state index in [0.717, 1.165) is 25.5 Å². The molecule has 29 heavy (non-hydrogen) atoms. The van der Waals surface area contributed by atoms with Crippen molar-refractivity contribution in [3.8, 4) is 0 Å². The Labute approximate surface area is 173 Å². The number of halogens is 3. The highest BCUT2D eigenvalue weighted by atomic mass is 32.1. The Hall–Kier alpha value is -2.11. The lowest BCUT2D eigenvalue weighted by atomic mass is 9.91. The Kier molecular flexibility index (Phi) is 5.54. The van der Waals surface area contributed by atoms with Crippen LogP contribution in [0.15, 0.2) is 54.6 Å². The molecule has 0 fully saturated rings. The Morgan fingerprint density at radius 3 is 2.52 bits per heavy atom. The summed E-state index contributed by atoms with van der Waals surface area (Å²) in [6.45, 7) is 5.72. The quantitative estimate of drug-likeness (QED) is 0.454. The molecule has 1 atom stereocenters. The fourth-order valence-corrected chi connectivity index (χ4v) is 5.87. The summed E-state index contributed by atoms with van der Waals surface area (Å²) in [5.41, 5.74) is 4.22. The van der Waals surface area contributed by atoms with Gasteiger partial charge in [-0.15, -0.1) is 11.3 Å². The molecular formula is C24H24F3NS. The predicted molar refractivity (Wildman–Crippen MR) is 112 cm³/mol. The van der Waals surface area contributed by atoms with Gasteiger partial charge >= 0.3 is 6.18 Å². The SMILES string of the molecule is CCc1c(C)sc2c1CCN(Cc1cccc(C(F)(F)F)c1)C2c1ccccc1. The van der Waals surface area contributed by atoms with Crippen molar-refractivity contribution in [3.05, 3.63) is 92.2 Å². The van der Waals surface area contributed by atoms with Gasteiger partial charge in [-0.2, -0.15) is 13.2 Å². The lowest BCUT2D eigenvalue weighted by molar-refractivity contribution is -0.137. The second kappa shape index (κ2) is 7.96. The van der Waals surface area contributed by atoms with E-state index in [9.17, 15) is 13.2 Å². The van der Waals surface area contributed by atoms with Crippen LogP contribution in [0.25, 0.3) is 0 Å². The van der Waals surface area contributed by atoms with Crippen molar-refractivity contribution >= 4 is 11.3 Å². The third-order valence-electron chi connectivity index (χ3n) is 5.72. The Bertz CT molecular complexity index is 991. The van der Waals surface area contributed by atoms with E-state index < -0.39 is 11.7 Å². The lowest BCUT2D eigenvalue weighted by Crippen LogP contribution is -2.35. The molecule has 152 valence electrons. The second-order valence-electron chi connectivity index (χ2n) is 7.56. The highest BCUT2D eigenvalue weighted by Crippen LogP contribution is 2.43. The molecule has 0 saturated heterocycles. The number of aryl methyl sites for hydroxylation is 1. The van der Waals surface area contributed by atoms with Gasteiger partial charge in [0.15, 0.2) is 0 Å². The van der Waals surface area contributed by atoms with E-state index in [4.69, 9.17) is 0 Å². The molecule has 3 aromatic rings. The van der Waals surface area contributed by atoms with Gasteiger partial charge in [0, 0.05) is 22.8 Å². The molecule has 4 rings (SSSR count). The highest BCUT2D eigenvalue weighted by Gasteiger charge is 2.34. The van der Waals surface area contributed by atoms with Crippen LogP contribution in [-0.2, 0) is 25.6 Å². The summed E-state index contributed by atoms with van der Waals surface area (Å²) in [6.07, 6.45) is -2.34. The number of nitrogens with zero attached hydrogens (tertiary/aromatic N) is 1. The van der Waals surface area contributed by atoms with Crippen molar-refractivity contribution in [2.24, 2.45) is 0 Å². The molecule has 0 amide bonds. The van der Waals surface area contributed by atoms with Gasteiger partial charge in [-0.3, -0.25) is 4.90 Å². The van der Waals surface area contributed by atoms with Crippen molar-refractivity contribution < 1.29 is 13.2 Å². The second-order valence-corrected chi connectivity index (χ2v) is 8.82. The van der Waals surface area contributed by atoms with Crippen LogP contribution in [0.5, 0.6) is 0 Å². The number of benzene rings is 2. The van der Waals surface area contributed by atoms with E-state index in [1.807, 2.05) is 29.5 Å². The summed E-state index contributed by atoms with van der Waals surface area (Å²) in [5, 5.41) is 0. The molecular weight excluding hydrogens is 391 g/mol. The van der Waals surface area contributed by atoms with E-state index >= 15 is 0 Å². The zero-order valence-electron chi connectivity index (χ0n) is 16.6. The predicted octanol–water partition coefficient (Wildman–Crippen LogP) is 6.79. The van der Waals surface area contributed by atoms with Crippen molar-refractivity contribution in [3.63, 3.8) is 0 Å². The minimum Gasteiger partial charge on any atom is -0.287 e. The molecule has 1 aliphatic rings. The molecule has 1 aromatic heterocycles. The van der Waals surface area contributed by atoms with Gasteiger partial charge in [-0.05, 0) is 48.1 Å². The fraction of sp³-hybridized carbons (Fsp3) is 0.333. The zero-order valence-corrected chi connectivity index (χ0v) is 17.4. The van der Waals surface area contributed by atoms with Crippen LogP contribution in [-0.4, -0.2) is 11.4 Å². The minimum absolute atomic E-state index is 0.0819. The smallest absolute Gasteiger partial charge is 0.287 e. The average molecular weight is 416 g/mol. The van der Waals surface area contributed by atoms with Crippen molar-refractivity contribution in [1.29, 1.82) is 0 Å². The molecule has 0 N–H and O–H groups in total. The number of rotatable bonds is 4. The molecule has 1 unspecified atom stereocenters. The molecule has 2 heterocycles. The molecule has 1 nitrogen and oxygen atoms in total. The zero-order chi connectivity index (χ0) is 20.6.